The summed E-state index contributed by atoms with van der Waals surface area (Å²) in [4.78, 5) is 0. The Morgan fingerprint density at radius 1 is 1.26 bits per heavy atom. The Labute approximate surface area is 117 Å². The fourth-order valence-corrected chi connectivity index (χ4v) is 2.06. The summed E-state index contributed by atoms with van der Waals surface area (Å²) in [5, 5.41) is 3.39. The van der Waals surface area contributed by atoms with Gasteiger partial charge in [0.2, 0.25) is 0 Å². The van der Waals surface area contributed by atoms with E-state index in [9.17, 15) is 0 Å². The van der Waals surface area contributed by atoms with Crippen molar-refractivity contribution < 1.29 is 9.47 Å². The van der Waals surface area contributed by atoms with Crippen molar-refractivity contribution in [3.05, 3.63) is 29.8 Å². The molecule has 0 aliphatic carbocycles. The van der Waals surface area contributed by atoms with E-state index in [1.807, 2.05) is 19.2 Å². The highest BCUT2D eigenvalue weighted by molar-refractivity contribution is 5.28. The maximum absolute atomic E-state index is 5.47. The molecule has 0 aliphatic rings. The smallest absolute Gasteiger partial charge is 0.119 e. The molecule has 1 aromatic carbocycles. The summed E-state index contributed by atoms with van der Waals surface area (Å²) in [5.41, 5.74) is 1.25. The standard InChI is InChI=1S/C16H27NO2/c1-16(2,19-5)10-9-14(17-3)11-13-7-6-8-15(12-13)18-4/h6-8,12,14,17H,9-11H2,1-5H3. The van der Waals surface area contributed by atoms with E-state index < -0.39 is 0 Å². The highest BCUT2D eigenvalue weighted by atomic mass is 16.5. The summed E-state index contributed by atoms with van der Waals surface area (Å²) in [5.74, 6) is 0.921. The van der Waals surface area contributed by atoms with Crippen molar-refractivity contribution >= 4 is 0 Å². The molecule has 0 heterocycles. The number of methoxy groups -OCH3 is 2. The van der Waals surface area contributed by atoms with Crippen molar-refractivity contribution in [2.24, 2.45) is 0 Å². The Hall–Kier alpha value is -1.06. The highest BCUT2D eigenvalue weighted by Gasteiger charge is 2.18. The molecule has 1 unspecified atom stereocenters. The lowest BCUT2D eigenvalue weighted by atomic mass is 9.95. The minimum absolute atomic E-state index is 0.0521. The molecule has 0 spiro atoms. The molecule has 0 fully saturated rings. The number of ether oxygens (including phenoxy) is 2. The van der Waals surface area contributed by atoms with Crippen LogP contribution in [0.2, 0.25) is 0 Å². The van der Waals surface area contributed by atoms with Crippen molar-refractivity contribution in [3.63, 3.8) is 0 Å². The summed E-state index contributed by atoms with van der Waals surface area (Å²) in [6.45, 7) is 4.26. The quantitative estimate of drug-likeness (QED) is 0.783. The molecule has 3 nitrogen and oxygen atoms in total. The largest absolute Gasteiger partial charge is 0.497 e. The molecule has 0 radical (unpaired) electrons. The SMILES string of the molecule is CNC(CCC(C)(C)OC)Cc1cccc(OC)c1. The van der Waals surface area contributed by atoms with E-state index in [0.29, 0.717) is 6.04 Å². The van der Waals surface area contributed by atoms with Gasteiger partial charge in [0.1, 0.15) is 5.75 Å². The minimum Gasteiger partial charge on any atom is -0.497 e. The molecule has 1 N–H and O–H groups in total. The average Bonchev–Trinajstić information content (AvgIpc) is 2.43. The van der Waals surface area contributed by atoms with Gasteiger partial charge in [0, 0.05) is 13.2 Å². The molecule has 0 aliphatic heterocycles. The molecular weight excluding hydrogens is 238 g/mol. The molecule has 0 aromatic heterocycles. The minimum atomic E-state index is -0.0521. The van der Waals surface area contributed by atoms with Crippen LogP contribution in [0.3, 0.4) is 0 Å². The molecule has 108 valence electrons. The molecule has 0 amide bonds. The van der Waals surface area contributed by atoms with Crippen molar-refractivity contribution in [2.45, 2.75) is 44.8 Å². The van der Waals surface area contributed by atoms with Gasteiger partial charge in [0.25, 0.3) is 0 Å². The Bertz CT molecular complexity index is 377. The third kappa shape index (κ3) is 5.62. The predicted molar refractivity (Wildman–Crippen MR) is 79.9 cm³/mol. The van der Waals surface area contributed by atoms with Crippen molar-refractivity contribution in [3.8, 4) is 5.75 Å². The third-order valence-electron chi connectivity index (χ3n) is 3.67. The van der Waals surface area contributed by atoms with E-state index in [2.05, 4.69) is 31.3 Å². The molecule has 19 heavy (non-hydrogen) atoms. The van der Waals surface area contributed by atoms with Crippen LogP contribution >= 0.6 is 0 Å². The third-order valence-corrected chi connectivity index (χ3v) is 3.67. The van der Waals surface area contributed by atoms with Crippen LogP contribution in [0, 0.1) is 0 Å². The van der Waals surface area contributed by atoms with Gasteiger partial charge in [-0.15, -0.1) is 0 Å². The highest BCUT2D eigenvalue weighted by Crippen LogP contribution is 2.19. The Morgan fingerprint density at radius 2 is 2.00 bits per heavy atom. The van der Waals surface area contributed by atoms with E-state index in [1.54, 1.807) is 14.2 Å². The lowest BCUT2D eigenvalue weighted by Gasteiger charge is -2.26. The van der Waals surface area contributed by atoms with Gasteiger partial charge in [-0.25, -0.2) is 0 Å². The summed E-state index contributed by atoms with van der Waals surface area (Å²) in [6.07, 6.45) is 3.14. The van der Waals surface area contributed by atoms with Crippen LogP contribution in [0.1, 0.15) is 32.3 Å². The van der Waals surface area contributed by atoms with E-state index >= 15 is 0 Å². The first kappa shape index (κ1) is 16.0. The second kappa shape index (κ2) is 7.51. The molecule has 1 atom stereocenters. The van der Waals surface area contributed by atoms with E-state index in [4.69, 9.17) is 9.47 Å². The number of hydrogen-bond donors (Lipinski definition) is 1. The van der Waals surface area contributed by atoms with Crippen LogP contribution in [0.15, 0.2) is 24.3 Å². The molecule has 1 rings (SSSR count). The monoisotopic (exact) mass is 265 g/mol. The van der Waals surface area contributed by atoms with Gasteiger partial charge in [0.15, 0.2) is 0 Å². The number of rotatable bonds is 8. The average molecular weight is 265 g/mol. The summed E-state index contributed by atoms with van der Waals surface area (Å²) in [6, 6.07) is 8.73. The Balaban J connectivity index is 2.56. The zero-order valence-electron chi connectivity index (χ0n) is 12.8. The van der Waals surface area contributed by atoms with Crippen LogP contribution < -0.4 is 10.1 Å². The van der Waals surface area contributed by atoms with E-state index in [-0.39, 0.29) is 5.60 Å². The first-order valence-electron chi connectivity index (χ1n) is 6.86. The number of nitrogens with one attached hydrogen (secondary N) is 1. The van der Waals surface area contributed by atoms with Crippen LogP contribution in [-0.4, -0.2) is 32.9 Å². The number of hydrogen-bond acceptors (Lipinski definition) is 3. The van der Waals surface area contributed by atoms with Crippen LogP contribution in [0.25, 0.3) is 0 Å². The molecule has 1 aromatic rings. The normalized spacial score (nSPS) is 13.3. The summed E-state index contributed by atoms with van der Waals surface area (Å²) >= 11 is 0. The van der Waals surface area contributed by atoms with Gasteiger partial charge >= 0.3 is 0 Å². The topological polar surface area (TPSA) is 30.5 Å². The van der Waals surface area contributed by atoms with Crippen LogP contribution in [0.4, 0.5) is 0 Å². The molecular formula is C16H27NO2. The molecule has 0 saturated heterocycles. The second-order valence-electron chi connectivity index (χ2n) is 5.54. The maximum Gasteiger partial charge on any atom is 0.119 e. The van der Waals surface area contributed by atoms with Gasteiger partial charge in [-0.05, 0) is 57.9 Å². The van der Waals surface area contributed by atoms with Gasteiger partial charge in [-0.2, -0.15) is 0 Å². The van der Waals surface area contributed by atoms with Crippen LogP contribution in [-0.2, 0) is 11.2 Å². The zero-order valence-corrected chi connectivity index (χ0v) is 12.8. The molecule has 3 heteroatoms. The molecule has 0 saturated carbocycles. The summed E-state index contributed by atoms with van der Waals surface area (Å²) < 4.78 is 10.7. The first-order valence-corrected chi connectivity index (χ1v) is 6.86. The Kier molecular flexibility index (Phi) is 6.32. The summed E-state index contributed by atoms with van der Waals surface area (Å²) in [7, 11) is 5.50. The van der Waals surface area contributed by atoms with Gasteiger partial charge < -0.3 is 14.8 Å². The van der Waals surface area contributed by atoms with Gasteiger partial charge in [-0.3, -0.25) is 0 Å². The first-order chi connectivity index (χ1) is 9.00. The maximum atomic E-state index is 5.47. The number of likely N-dealkylation sites (N-methyl/N-ethyl adjacent to an activating group) is 1. The lowest BCUT2D eigenvalue weighted by molar-refractivity contribution is 0.0119. The van der Waals surface area contributed by atoms with Crippen molar-refractivity contribution in [1.82, 2.24) is 5.32 Å². The van der Waals surface area contributed by atoms with Gasteiger partial charge in [0.05, 0.1) is 12.7 Å². The van der Waals surface area contributed by atoms with E-state index in [0.717, 1.165) is 25.0 Å². The second-order valence-corrected chi connectivity index (χ2v) is 5.54. The van der Waals surface area contributed by atoms with E-state index in [1.165, 1.54) is 5.56 Å². The lowest BCUT2D eigenvalue weighted by Crippen LogP contribution is -2.31. The number of benzene rings is 1. The van der Waals surface area contributed by atoms with Crippen LogP contribution in [0.5, 0.6) is 5.75 Å². The van der Waals surface area contributed by atoms with Crippen molar-refractivity contribution in [1.29, 1.82) is 0 Å². The predicted octanol–water partition coefficient (Wildman–Crippen LogP) is 3.03. The van der Waals surface area contributed by atoms with Crippen molar-refractivity contribution in [2.75, 3.05) is 21.3 Å². The zero-order chi connectivity index (χ0) is 14.3. The fourth-order valence-electron chi connectivity index (χ4n) is 2.06. The fraction of sp³-hybridized carbons (Fsp3) is 0.625. The Morgan fingerprint density at radius 3 is 2.58 bits per heavy atom. The van der Waals surface area contributed by atoms with Gasteiger partial charge in [-0.1, -0.05) is 12.1 Å². The molecule has 0 bridgehead atoms.